The van der Waals surface area contributed by atoms with E-state index in [1.54, 1.807) is 6.92 Å². The molecular weight excluding hydrogens is 209 g/mol. The first kappa shape index (κ1) is 11.7. The van der Waals surface area contributed by atoms with Crippen LogP contribution in [-0.4, -0.2) is 19.0 Å². The number of rotatable bonds is 4. The molecule has 0 aliphatic heterocycles. The molecule has 0 spiro atoms. The van der Waals surface area contributed by atoms with Gasteiger partial charge in [-0.2, -0.15) is 0 Å². The minimum absolute atomic E-state index is 0.260. The average molecular weight is 218 g/mol. The summed E-state index contributed by atoms with van der Waals surface area (Å²) in [6.07, 6.45) is 0. The summed E-state index contributed by atoms with van der Waals surface area (Å²) in [5, 5.41) is 0. The topological polar surface area (TPSA) is 26.3 Å². The van der Waals surface area contributed by atoms with E-state index in [9.17, 15) is 18.0 Å². The standard InChI is InChI=1S/C10H9F3O2/c1-2-15-5-9(14)10-7(12)3-6(11)4-8(10)13/h3-4H,2,5H2,1H3. The number of halogens is 3. The van der Waals surface area contributed by atoms with Gasteiger partial charge >= 0.3 is 0 Å². The van der Waals surface area contributed by atoms with E-state index in [0.29, 0.717) is 12.1 Å². The molecular formula is C10H9F3O2. The Bertz CT molecular complexity index is 354. The van der Waals surface area contributed by atoms with Crippen molar-refractivity contribution in [1.29, 1.82) is 0 Å². The van der Waals surface area contributed by atoms with Crippen molar-refractivity contribution in [3.63, 3.8) is 0 Å². The number of benzene rings is 1. The molecule has 1 aromatic rings. The molecule has 0 saturated carbocycles. The summed E-state index contributed by atoms with van der Waals surface area (Å²) in [4.78, 5) is 11.2. The maximum Gasteiger partial charge on any atom is 0.194 e. The summed E-state index contributed by atoms with van der Waals surface area (Å²) in [5.41, 5.74) is -0.759. The van der Waals surface area contributed by atoms with E-state index in [4.69, 9.17) is 4.74 Å². The van der Waals surface area contributed by atoms with Crippen molar-refractivity contribution in [2.45, 2.75) is 6.92 Å². The number of hydrogen-bond acceptors (Lipinski definition) is 2. The maximum absolute atomic E-state index is 13.0. The minimum atomic E-state index is -1.21. The summed E-state index contributed by atoms with van der Waals surface area (Å²) in [5.74, 6) is -4.32. The summed E-state index contributed by atoms with van der Waals surface area (Å²) < 4.78 is 43.3. The van der Waals surface area contributed by atoms with Gasteiger partial charge in [-0.15, -0.1) is 0 Å². The molecule has 0 amide bonds. The fraction of sp³-hybridized carbons (Fsp3) is 0.300. The van der Waals surface area contributed by atoms with Crippen molar-refractivity contribution in [1.82, 2.24) is 0 Å². The van der Waals surface area contributed by atoms with Crippen molar-refractivity contribution < 1.29 is 22.7 Å². The molecule has 0 N–H and O–H groups in total. The number of ether oxygens (including phenoxy) is 1. The third kappa shape index (κ3) is 2.79. The molecule has 0 heterocycles. The van der Waals surface area contributed by atoms with Crippen molar-refractivity contribution in [2.75, 3.05) is 13.2 Å². The summed E-state index contributed by atoms with van der Waals surface area (Å²) in [6, 6.07) is 0.921. The molecule has 1 aromatic carbocycles. The van der Waals surface area contributed by atoms with E-state index < -0.39 is 35.4 Å². The Labute approximate surface area is 84.7 Å². The van der Waals surface area contributed by atoms with Gasteiger partial charge in [0.1, 0.15) is 24.1 Å². The van der Waals surface area contributed by atoms with Crippen molar-refractivity contribution in [2.24, 2.45) is 0 Å². The largest absolute Gasteiger partial charge is 0.374 e. The number of carbonyl (C=O) groups is 1. The van der Waals surface area contributed by atoms with Gasteiger partial charge in [0.15, 0.2) is 5.78 Å². The molecule has 0 aromatic heterocycles. The lowest BCUT2D eigenvalue weighted by Gasteiger charge is -2.04. The Morgan fingerprint density at radius 2 is 1.80 bits per heavy atom. The maximum atomic E-state index is 13.0. The first-order valence-electron chi connectivity index (χ1n) is 4.31. The molecule has 0 aliphatic carbocycles. The lowest BCUT2D eigenvalue weighted by molar-refractivity contribution is 0.0774. The molecule has 0 bridgehead atoms. The van der Waals surface area contributed by atoms with Gasteiger partial charge < -0.3 is 4.74 Å². The highest BCUT2D eigenvalue weighted by Crippen LogP contribution is 2.15. The van der Waals surface area contributed by atoms with Crippen molar-refractivity contribution >= 4 is 5.78 Å². The fourth-order valence-corrected chi connectivity index (χ4v) is 1.08. The second-order valence-corrected chi connectivity index (χ2v) is 2.80. The summed E-state index contributed by atoms with van der Waals surface area (Å²) in [7, 11) is 0. The van der Waals surface area contributed by atoms with Crippen LogP contribution in [0.5, 0.6) is 0 Å². The van der Waals surface area contributed by atoms with Crippen LogP contribution in [-0.2, 0) is 4.74 Å². The number of ketones is 1. The van der Waals surface area contributed by atoms with Gasteiger partial charge in [0, 0.05) is 18.7 Å². The monoisotopic (exact) mass is 218 g/mol. The fourth-order valence-electron chi connectivity index (χ4n) is 1.08. The Morgan fingerprint density at radius 3 is 2.27 bits per heavy atom. The minimum Gasteiger partial charge on any atom is -0.374 e. The van der Waals surface area contributed by atoms with Gasteiger partial charge in [-0.3, -0.25) is 4.79 Å². The van der Waals surface area contributed by atoms with Crippen LogP contribution in [0, 0.1) is 17.5 Å². The van der Waals surface area contributed by atoms with Crippen LogP contribution in [0.1, 0.15) is 17.3 Å². The smallest absolute Gasteiger partial charge is 0.194 e. The Balaban J connectivity index is 2.98. The van der Waals surface area contributed by atoms with Crippen LogP contribution in [0.4, 0.5) is 13.2 Å². The Hall–Kier alpha value is -1.36. The SMILES string of the molecule is CCOCC(=O)c1c(F)cc(F)cc1F. The van der Waals surface area contributed by atoms with E-state index in [1.807, 2.05) is 0 Å². The predicted molar refractivity (Wildman–Crippen MR) is 47.1 cm³/mol. The van der Waals surface area contributed by atoms with Crippen LogP contribution in [0.3, 0.4) is 0 Å². The van der Waals surface area contributed by atoms with E-state index in [0.717, 1.165) is 0 Å². The number of hydrogen-bond donors (Lipinski definition) is 0. The average Bonchev–Trinajstić information content (AvgIpc) is 2.12. The highest BCUT2D eigenvalue weighted by atomic mass is 19.1. The van der Waals surface area contributed by atoms with E-state index >= 15 is 0 Å². The molecule has 0 radical (unpaired) electrons. The Kier molecular flexibility index (Phi) is 3.85. The molecule has 5 heteroatoms. The molecule has 0 atom stereocenters. The number of carbonyl (C=O) groups excluding carboxylic acids is 1. The highest BCUT2D eigenvalue weighted by Gasteiger charge is 2.18. The van der Waals surface area contributed by atoms with Crippen LogP contribution < -0.4 is 0 Å². The second kappa shape index (κ2) is 4.93. The third-order valence-corrected chi connectivity index (χ3v) is 1.72. The van der Waals surface area contributed by atoms with Gasteiger partial charge in [-0.1, -0.05) is 0 Å². The van der Waals surface area contributed by atoms with Crippen LogP contribution >= 0.6 is 0 Å². The highest BCUT2D eigenvalue weighted by molar-refractivity contribution is 5.97. The lowest BCUT2D eigenvalue weighted by atomic mass is 10.1. The van der Waals surface area contributed by atoms with Gasteiger partial charge in [0.05, 0.1) is 5.56 Å². The molecule has 0 aliphatic rings. The summed E-state index contributed by atoms with van der Waals surface area (Å²) >= 11 is 0. The molecule has 0 unspecified atom stereocenters. The molecule has 15 heavy (non-hydrogen) atoms. The van der Waals surface area contributed by atoms with Gasteiger partial charge in [0.25, 0.3) is 0 Å². The zero-order valence-corrected chi connectivity index (χ0v) is 8.02. The van der Waals surface area contributed by atoms with E-state index in [1.165, 1.54) is 0 Å². The molecule has 2 nitrogen and oxygen atoms in total. The van der Waals surface area contributed by atoms with Crippen molar-refractivity contribution in [3.8, 4) is 0 Å². The quantitative estimate of drug-likeness (QED) is 0.725. The van der Waals surface area contributed by atoms with Gasteiger partial charge in [-0.25, -0.2) is 13.2 Å². The molecule has 82 valence electrons. The zero-order valence-electron chi connectivity index (χ0n) is 8.02. The van der Waals surface area contributed by atoms with Crippen LogP contribution in [0.15, 0.2) is 12.1 Å². The van der Waals surface area contributed by atoms with E-state index in [-0.39, 0.29) is 6.61 Å². The van der Waals surface area contributed by atoms with Crippen LogP contribution in [0.25, 0.3) is 0 Å². The second-order valence-electron chi connectivity index (χ2n) is 2.80. The normalized spacial score (nSPS) is 10.4. The zero-order chi connectivity index (χ0) is 11.4. The third-order valence-electron chi connectivity index (χ3n) is 1.72. The van der Waals surface area contributed by atoms with Crippen LogP contribution in [0.2, 0.25) is 0 Å². The predicted octanol–water partition coefficient (Wildman–Crippen LogP) is 2.32. The molecule has 1 rings (SSSR count). The Morgan fingerprint density at radius 1 is 1.27 bits per heavy atom. The summed E-state index contributed by atoms with van der Waals surface area (Å²) in [6.45, 7) is 1.48. The van der Waals surface area contributed by atoms with Crippen molar-refractivity contribution in [3.05, 3.63) is 35.1 Å². The number of Topliss-reactive ketones (excluding diaryl/α,β-unsaturated/α-hetero) is 1. The lowest BCUT2D eigenvalue weighted by Crippen LogP contribution is -2.13. The van der Waals surface area contributed by atoms with Gasteiger partial charge in [-0.05, 0) is 6.92 Å². The first-order valence-corrected chi connectivity index (χ1v) is 4.31. The first-order chi connectivity index (χ1) is 7.06. The molecule has 0 saturated heterocycles. The van der Waals surface area contributed by atoms with Gasteiger partial charge in [0.2, 0.25) is 0 Å². The molecule has 0 fully saturated rings. The van der Waals surface area contributed by atoms with E-state index in [2.05, 4.69) is 0 Å².